The number of hydrogen-bond donors (Lipinski definition) is 2. The zero-order chi connectivity index (χ0) is 18.9. The molecule has 2 aliphatic heterocycles. The summed E-state index contributed by atoms with van der Waals surface area (Å²) in [5.74, 6) is 0.859. The van der Waals surface area contributed by atoms with Crippen LogP contribution in [0.2, 0.25) is 0 Å². The Morgan fingerprint density at radius 1 is 1.00 bits per heavy atom. The number of nitrogens with one attached hydrogen (secondary N) is 2. The molecule has 3 rings (SSSR count). The Labute approximate surface area is 163 Å². The van der Waals surface area contributed by atoms with E-state index >= 15 is 0 Å². The first-order valence-electron chi connectivity index (χ1n) is 10.3. The molecular weight excluding hydrogens is 338 g/mol. The maximum absolute atomic E-state index is 12.4. The molecule has 0 spiro atoms. The lowest BCUT2D eigenvalue weighted by atomic mass is 10.1. The van der Waals surface area contributed by atoms with Crippen molar-refractivity contribution < 1.29 is 4.79 Å². The molecule has 2 saturated heterocycles. The zero-order valence-corrected chi connectivity index (χ0v) is 16.5. The van der Waals surface area contributed by atoms with Gasteiger partial charge in [-0.2, -0.15) is 0 Å². The molecule has 0 aromatic heterocycles. The van der Waals surface area contributed by atoms with Gasteiger partial charge in [-0.25, -0.2) is 0 Å². The predicted octanol–water partition coefficient (Wildman–Crippen LogP) is 2.00. The number of benzene rings is 1. The van der Waals surface area contributed by atoms with Crippen molar-refractivity contribution >= 4 is 11.9 Å². The fourth-order valence-electron chi connectivity index (χ4n) is 4.01. The van der Waals surface area contributed by atoms with E-state index in [-0.39, 0.29) is 5.91 Å². The smallest absolute Gasteiger partial charge is 0.241 e. The topological polar surface area (TPSA) is 60.0 Å². The Bertz CT molecular complexity index is 606. The third-order valence-electron chi connectivity index (χ3n) is 5.57. The normalized spacial score (nSPS) is 19.7. The molecule has 0 bridgehead atoms. The van der Waals surface area contributed by atoms with E-state index in [1.807, 2.05) is 4.90 Å². The van der Waals surface area contributed by atoms with Crippen molar-refractivity contribution in [2.45, 2.75) is 38.1 Å². The van der Waals surface area contributed by atoms with Crippen LogP contribution in [0.25, 0.3) is 0 Å². The van der Waals surface area contributed by atoms with Crippen LogP contribution in [0.4, 0.5) is 0 Å². The van der Waals surface area contributed by atoms with Crippen molar-refractivity contribution in [3.05, 3.63) is 35.9 Å². The largest absolute Gasteiger partial charge is 0.354 e. The van der Waals surface area contributed by atoms with Gasteiger partial charge in [-0.15, -0.1) is 0 Å². The number of hydrogen-bond acceptors (Lipinski definition) is 3. The zero-order valence-electron chi connectivity index (χ0n) is 16.5. The molecule has 0 radical (unpaired) electrons. The lowest BCUT2D eigenvalue weighted by molar-refractivity contribution is -0.130. The molecular formula is C21H33N5O. The standard InChI is InChI=1S/C21H33N5O/c1-22-21(24-17-20(27)26-14-6-3-7-15-26)23-16-19(25-12-8-9-13-25)18-10-4-2-5-11-18/h2,4-5,10-11,19H,3,6-9,12-17H2,1H3,(H2,22,23,24). The van der Waals surface area contributed by atoms with E-state index in [0.29, 0.717) is 18.5 Å². The van der Waals surface area contributed by atoms with Crippen molar-refractivity contribution in [2.75, 3.05) is 46.3 Å². The summed E-state index contributed by atoms with van der Waals surface area (Å²) < 4.78 is 0. The summed E-state index contributed by atoms with van der Waals surface area (Å²) in [5.41, 5.74) is 1.33. The van der Waals surface area contributed by atoms with Crippen LogP contribution in [0.15, 0.2) is 35.3 Å². The number of nitrogens with zero attached hydrogens (tertiary/aromatic N) is 3. The molecule has 1 amide bonds. The first kappa shape index (κ1) is 19.7. The van der Waals surface area contributed by atoms with Crippen molar-refractivity contribution in [2.24, 2.45) is 4.99 Å². The van der Waals surface area contributed by atoms with Crippen LogP contribution in [0.3, 0.4) is 0 Å². The van der Waals surface area contributed by atoms with E-state index in [9.17, 15) is 4.79 Å². The van der Waals surface area contributed by atoms with Gasteiger partial charge in [-0.1, -0.05) is 30.3 Å². The molecule has 2 heterocycles. The molecule has 1 unspecified atom stereocenters. The first-order valence-corrected chi connectivity index (χ1v) is 10.3. The van der Waals surface area contributed by atoms with Gasteiger partial charge in [0.1, 0.15) is 0 Å². The molecule has 2 fully saturated rings. The lowest BCUT2D eigenvalue weighted by Gasteiger charge is -2.29. The Morgan fingerprint density at radius 2 is 1.67 bits per heavy atom. The second-order valence-corrected chi connectivity index (χ2v) is 7.42. The lowest BCUT2D eigenvalue weighted by Crippen LogP contribution is -2.47. The number of piperidine rings is 1. The molecule has 0 aliphatic carbocycles. The first-order chi connectivity index (χ1) is 13.3. The van der Waals surface area contributed by atoms with Gasteiger partial charge < -0.3 is 15.5 Å². The number of carbonyl (C=O) groups is 1. The Hall–Kier alpha value is -2.08. The number of guanidine groups is 1. The Morgan fingerprint density at radius 3 is 2.33 bits per heavy atom. The fraction of sp³-hybridized carbons (Fsp3) is 0.619. The molecule has 6 heteroatoms. The van der Waals surface area contributed by atoms with Crippen LogP contribution in [0.5, 0.6) is 0 Å². The molecule has 6 nitrogen and oxygen atoms in total. The summed E-state index contributed by atoms with van der Waals surface area (Å²) in [6, 6.07) is 11.0. The summed E-state index contributed by atoms with van der Waals surface area (Å²) in [6.07, 6.45) is 6.00. The number of aliphatic imine (C=N–C) groups is 1. The van der Waals surface area contributed by atoms with Gasteiger partial charge in [0, 0.05) is 26.7 Å². The Kier molecular flexibility index (Phi) is 7.51. The van der Waals surface area contributed by atoms with Gasteiger partial charge in [0.15, 0.2) is 5.96 Å². The quantitative estimate of drug-likeness (QED) is 0.593. The molecule has 27 heavy (non-hydrogen) atoms. The molecule has 2 N–H and O–H groups in total. The highest BCUT2D eigenvalue weighted by atomic mass is 16.2. The highest BCUT2D eigenvalue weighted by Gasteiger charge is 2.23. The minimum Gasteiger partial charge on any atom is -0.354 e. The SMILES string of the molecule is CN=C(NCC(=O)N1CCCCC1)NCC(c1ccccc1)N1CCCC1. The van der Waals surface area contributed by atoms with Gasteiger partial charge in [0.05, 0.1) is 12.6 Å². The monoisotopic (exact) mass is 371 g/mol. The van der Waals surface area contributed by atoms with Gasteiger partial charge >= 0.3 is 0 Å². The molecule has 2 aliphatic rings. The summed E-state index contributed by atoms with van der Waals surface area (Å²) in [5, 5.41) is 6.62. The minimum absolute atomic E-state index is 0.164. The van der Waals surface area contributed by atoms with E-state index in [1.165, 1.54) is 24.8 Å². The summed E-state index contributed by atoms with van der Waals surface area (Å²) in [7, 11) is 1.76. The number of amides is 1. The Balaban J connectivity index is 1.52. The average molecular weight is 372 g/mol. The maximum Gasteiger partial charge on any atom is 0.241 e. The molecule has 1 atom stereocenters. The number of likely N-dealkylation sites (tertiary alicyclic amines) is 2. The van der Waals surface area contributed by atoms with Gasteiger partial charge in [-0.05, 0) is 50.8 Å². The van der Waals surface area contributed by atoms with Crippen LogP contribution in [-0.4, -0.2) is 68.0 Å². The van der Waals surface area contributed by atoms with E-state index in [0.717, 1.165) is 45.6 Å². The van der Waals surface area contributed by atoms with E-state index in [2.05, 4.69) is 50.9 Å². The maximum atomic E-state index is 12.4. The second kappa shape index (κ2) is 10.3. The predicted molar refractivity (Wildman–Crippen MR) is 110 cm³/mol. The molecule has 148 valence electrons. The van der Waals surface area contributed by atoms with Crippen LogP contribution >= 0.6 is 0 Å². The van der Waals surface area contributed by atoms with Gasteiger partial charge in [0.25, 0.3) is 0 Å². The van der Waals surface area contributed by atoms with E-state index < -0.39 is 0 Å². The van der Waals surface area contributed by atoms with Crippen molar-refractivity contribution in [1.82, 2.24) is 20.4 Å². The van der Waals surface area contributed by atoms with Crippen LogP contribution < -0.4 is 10.6 Å². The number of carbonyl (C=O) groups excluding carboxylic acids is 1. The summed E-state index contributed by atoms with van der Waals surface area (Å²) >= 11 is 0. The average Bonchev–Trinajstić information content (AvgIpc) is 3.26. The molecule has 1 aromatic rings. The van der Waals surface area contributed by atoms with E-state index in [1.54, 1.807) is 7.05 Å². The van der Waals surface area contributed by atoms with Crippen LogP contribution in [0.1, 0.15) is 43.7 Å². The fourth-order valence-corrected chi connectivity index (χ4v) is 4.01. The van der Waals surface area contributed by atoms with E-state index in [4.69, 9.17) is 0 Å². The highest BCUT2D eigenvalue weighted by molar-refractivity contribution is 5.86. The van der Waals surface area contributed by atoms with Crippen LogP contribution in [-0.2, 0) is 4.79 Å². The summed E-state index contributed by atoms with van der Waals surface area (Å²) in [4.78, 5) is 21.2. The molecule has 1 aromatic carbocycles. The van der Waals surface area contributed by atoms with Crippen LogP contribution in [0, 0.1) is 0 Å². The van der Waals surface area contributed by atoms with Gasteiger partial charge in [-0.3, -0.25) is 14.7 Å². The summed E-state index contributed by atoms with van der Waals surface area (Å²) in [6.45, 7) is 5.14. The molecule has 0 saturated carbocycles. The van der Waals surface area contributed by atoms with Crippen molar-refractivity contribution in [3.63, 3.8) is 0 Å². The minimum atomic E-state index is 0.164. The second-order valence-electron chi connectivity index (χ2n) is 7.42. The van der Waals surface area contributed by atoms with Crippen molar-refractivity contribution in [1.29, 1.82) is 0 Å². The number of rotatable bonds is 6. The van der Waals surface area contributed by atoms with Gasteiger partial charge in [0.2, 0.25) is 5.91 Å². The third kappa shape index (κ3) is 5.70. The van der Waals surface area contributed by atoms with Crippen molar-refractivity contribution in [3.8, 4) is 0 Å². The third-order valence-corrected chi connectivity index (χ3v) is 5.57. The highest BCUT2D eigenvalue weighted by Crippen LogP contribution is 2.24.